The van der Waals surface area contributed by atoms with Crippen molar-refractivity contribution in [1.29, 1.82) is 0 Å². The first kappa shape index (κ1) is 11.7. The molecule has 0 saturated heterocycles. The lowest BCUT2D eigenvalue weighted by atomic mass is 10.2. The van der Waals surface area contributed by atoms with Gasteiger partial charge in [0.25, 0.3) is 0 Å². The van der Waals surface area contributed by atoms with Crippen LogP contribution in [0.2, 0.25) is 0 Å². The second kappa shape index (κ2) is 5.49. The SMILES string of the molecule is CCCCOc1cc(N)c(C)cc1OC. The highest BCUT2D eigenvalue weighted by molar-refractivity contribution is 5.57. The van der Waals surface area contributed by atoms with Crippen molar-refractivity contribution in [2.45, 2.75) is 26.7 Å². The monoisotopic (exact) mass is 209 g/mol. The van der Waals surface area contributed by atoms with Crippen molar-refractivity contribution in [2.75, 3.05) is 19.5 Å². The molecule has 0 atom stereocenters. The number of benzene rings is 1. The number of aryl methyl sites for hydroxylation is 1. The topological polar surface area (TPSA) is 44.5 Å². The zero-order valence-electron chi connectivity index (χ0n) is 9.67. The van der Waals surface area contributed by atoms with Crippen LogP contribution < -0.4 is 15.2 Å². The van der Waals surface area contributed by atoms with E-state index in [9.17, 15) is 0 Å². The molecule has 0 radical (unpaired) electrons. The van der Waals surface area contributed by atoms with Gasteiger partial charge in [0.2, 0.25) is 0 Å². The summed E-state index contributed by atoms with van der Waals surface area (Å²) in [4.78, 5) is 0. The summed E-state index contributed by atoms with van der Waals surface area (Å²) >= 11 is 0. The van der Waals surface area contributed by atoms with Crippen LogP contribution in [0.3, 0.4) is 0 Å². The van der Waals surface area contributed by atoms with Crippen LogP contribution >= 0.6 is 0 Å². The molecular weight excluding hydrogens is 190 g/mol. The van der Waals surface area contributed by atoms with E-state index < -0.39 is 0 Å². The summed E-state index contributed by atoms with van der Waals surface area (Å²) in [6.45, 7) is 4.78. The summed E-state index contributed by atoms with van der Waals surface area (Å²) in [6.07, 6.45) is 2.15. The van der Waals surface area contributed by atoms with E-state index in [0.717, 1.165) is 35.6 Å². The Kier molecular flexibility index (Phi) is 4.28. The minimum absolute atomic E-state index is 0.704. The molecule has 0 heterocycles. The van der Waals surface area contributed by atoms with Crippen molar-refractivity contribution in [3.63, 3.8) is 0 Å². The number of anilines is 1. The lowest BCUT2D eigenvalue weighted by Crippen LogP contribution is -2.00. The number of nitrogen functional groups attached to an aromatic ring is 1. The molecule has 0 aliphatic rings. The van der Waals surface area contributed by atoms with Crippen molar-refractivity contribution in [3.05, 3.63) is 17.7 Å². The summed E-state index contributed by atoms with van der Waals surface area (Å²) in [5, 5.41) is 0. The van der Waals surface area contributed by atoms with Crippen LogP contribution in [0.1, 0.15) is 25.3 Å². The van der Waals surface area contributed by atoms with Crippen LogP contribution in [0.15, 0.2) is 12.1 Å². The molecule has 0 fully saturated rings. The third kappa shape index (κ3) is 3.05. The standard InChI is InChI=1S/C12H19NO2/c1-4-5-6-15-12-8-10(13)9(2)7-11(12)14-3/h7-8H,4-6,13H2,1-3H3. The largest absolute Gasteiger partial charge is 0.493 e. The molecule has 0 spiro atoms. The Hall–Kier alpha value is -1.38. The van der Waals surface area contributed by atoms with E-state index in [-0.39, 0.29) is 0 Å². The number of methoxy groups -OCH3 is 1. The van der Waals surface area contributed by atoms with Crippen molar-refractivity contribution in [2.24, 2.45) is 0 Å². The van der Waals surface area contributed by atoms with E-state index in [1.165, 1.54) is 0 Å². The molecule has 1 rings (SSSR count). The molecule has 0 aliphatic carbocycles. The summed E-state index contributed by atoms with van der Waals surface area (Å²) in [7, 11) is 1.64. The molecule has 2 N–H and O–H groups in total. The third-order valence-corrected chi connectivity index (χ3v) is 2.31. The van der Waals surface area contributed by atoms with Crippen molar-refractivity contribution in [1.82, 2.24) is 0 Å². The molecule has 0 amide bonds. The van der Waals surface area contributed by atoms with Gasteiger partial charge in [-0.2, -0.15) is 0 Å². The normalized spacial score (nSPS) is 10.1. The molecule has 1 aromatic carbocycles. The summed E-state index contributed by atoms with van der Waals surface area (Å²) in [5.41, 5.74) is 7.56. The zero-order chi connectivity index (χ0) is 11.3. The maximum Gasteiger partial charge on any atom is 0.163 e. The lowest BCUT2D eigenvalue weighted by molar-refractivity contribution is 0.288. The van der Waals surface area contributed by atoms with Gasteiger partial charge in [-0.1, -0.05) is 13.3 Å². The van der Waals surface area contributed by atoms with E-state index in [1.54, 1.807) is 7.11 Å². The fourth-order valence-corrected chi connectivity index (χ4v) is 1.28. The van der Waals surface area contributed by atoms with Gasteiger partial charge in [-0.15, -0.1) is 0 Å². The highest BCUT2D eigenvalue weighted by atomic mass is 16.5. The quantitative estimate of drug-likeness (QED) is 0.599. The minimum Gasteiger partial charge on any atom is -0.493 e. The predicted octanol–water partition coefficient (Wildman–Crippen LogP) is 2.76. The summed E-state index contributed by atoms with van der Waals surface area (Å²) in [5.74, 6) is 1.48. The lowest BCUT2D eigenvalue weighted by Gasteiger charge is -2.12. The first-order chi connectivity index (χ1) is 7.19. The van der Waals surface area contributed by atoms with Gasteiger partial charge in [-0.25, -0.2) is 0 Å². The van der Waals surface area contributed by atoms with Crippen molar-refractivity contribution < 1.29 is 9.47 Å². The van der Waals surface area contributed by atoms with Gasteiger partial charge in [0.15, 0.2) is 11.5 Å². The van der Waals surface area contributed by atoms with E-state index in [0.29, 0.717) is 6.61 Å². The zero-order valence-corrected chi connectivity index (χ0v) is 9.67. The molecule has 1 aromatic rings. The molecule has 3 heteroatoms. The minimum atomic E-state index is 0.704. The van der Waals surface area contributed by atoms with Gasteiger partial charge in [-0.3, -0.25) is 0 Å². The fraction of sp³-hybridized carbons (Fsp3) is 0.500. The van der Waals surface area contributed by atoms with E-state index in [1.807, 2.05) is 19.1 Å². The molecule has 0 unspecified atom stereocenters. The van der Waals surface area contributed by atoms with Crippen molar-refractivity contribution in [3.8, 4) is 11.5 Å². The molecule has 0 aliphatic heterocycles. The first-order valence-electron chi connectivity index (χ1n) is 5.26. The van der Waals surface area contributed by atoms with Crippen LogP contribution in [0, 0.1) is 6.92 Å². The second-order valence-electron chi connectivity index (χ2n) is 3.56. The second-order valence-corrected chi connectivity index (χ2v) is 3.56. The summed E-state index contributed by atoms with van der Waals surface area (Å²) < 4.78 is 10.8. The van der Waals surface area contributed by atoms with Crippen LogP contribution in [0.5, 0.6) is 11.5 Å². The van der Waals surface area contributed by atoms with E-state index >= 15 is 0 Å². The Bertz CT molecular complexity index is 324. The fourth-order valence-electron chi connectivity index (χ4n) is 1.28. The Morgan fingerprint density at radius 2 is 2.00 bits per heavy atom. The number of hydrogen-bond donors (Lipinski definition) is 1. The third-order valence-electron chi connectivity index (χ3n) is 2.31. The maximum absolute atomic E-state index is 5.81. The molecule has 0 bridgehead atoms. The van der Waals surface area contributed by atoms with Gasteiger partial charge >= 0.3 is 0 Å². The van der Waals surface area contributed by atoms with Crippen LogP contribution in [-0.2, 0) is 0 Å². The molecule has 0 aromatic heterocycles. The average molecular weight is 209 g/mol. The van der Waals surface area contributed by atoms with E-state index in [4.69, 9.17) is 15.2 Å². The van der Waals surface area contributed by atoms with E-state index in [2.05, 4.69) is 6.92 Å². The van der Waals surface area contributed by atoms with Crippen LogP contribution in [0.25, 0.3) is 0 Å². The highest BCUT2D eigenvalue weighted by Crippen LogP contribution is 2.31. The Morgan fingerprint density at radius 1 is 1.27 bits per heavy atom. The first-order valence-corrected chi connectivity index (χ1v) is 5.26. The van der Waals surface area contributed by atoms with Gasteiger partial charge in [-0.05, 0) is 25.0 Å². The summed E-state index contributed by atoms with van der Waals surface area (Å²) in [6, 6.07) is 3.72. The average Bonchev–Trinajstić information content (AvgIpc) is 2.23. The van der Waals surface area contributed by atoms with Crippen LogP contribution in [0.4, 0.5) is 5.69 Å². The van der Waals surface area contributed by atoms with Gasteiger partial charge < -0.3 is 15.2 Å². The number of nitrogens with two attached hydrogens (primary N) is 1. The molecule has 3 nitrogen and oxygen atoms in total. The molecule has 84 valence electrons. The molecular formula is C12H19NO2. The Labute approximate surface area is 91.2 Å². The highest BCUT2D eigenvalue weighted by Gasteiger charge is 2.06. The number of rotatable bonds is 5. The Morgan fingerprint density at radius 3 is 2.60 bits per heavy atom. The van der Waals surface area contributed by atoms with Gasteiger partial charge in [0, 0.05) is 11.8 Å². The smallest absolute Gasteiger partial charge is 0.163 e. The molecule has 0 saturated carbocycles. The number of hydrogen-bond acceptors (Lipinski definition) is 3. The van der Waals surface area contributed by atoms with Crippen molar-refractivity contribution >= 4 is 5.69 Å². The van der Waals surface area contributed by atoms with Crippen LogP contribution in [-0.4, -0.2) is 13.7 Å². The predicted molar refractivity (Wildman–Crippen MR) is 62.5 cm³/mol. The Balaban J connectivity index is 2.80. The van der Waals surface area contributed by atoms with Gasteiger partial charge in [0.05, 0.1) is 13.7 Å². The number of ether oxygens (including phenoxy) is 2. The molecule has 15 heavy (non-hydrogen) atoms. The van der Waals surface area contributed by atoms with Gasteiger partial charge in [0.1, 0.15) is 0 Å². The maximum atomic E-state index is 5.81. The number of unbranched alkanes of at least 4 members (excludes halogenated alkanes) is 1.